The molecule has 0 fully saturated rings. The van der Waals surface area contributed by atoms with Gasteiger partial charge in [0, 0.05) is 12.6 Å². The number of nitrogens with zero attached hydrogens (tertiary/aromatic N) is 2. The molecule has 0 saturated carbocycles. The molecule has 3 nitrogen and oxygen atoms in total. The van der Waals surface area contributed by atoms with Gasteiger partial charge in [0.1, 0.15) is 5.75 Å². The minimum atomic E-state index is 0.264. The molecule has 1 aromatic carbocycles. The van der Waals surface area contributed by atoms with Gasteiger partial charge < -0.3 is 4.74 Å². The van der Waals surface area contributed by atoms with Crippen LogP contribution in [-0.4, -0.2) is 16.6 Å². The Labute approximate surface area is 122 Å². The van der Waals surface area contributed by atoms with Gasteiger partial charge in [-0.3, -0.25) is 0 Å². The van der Waals surface area contributed by atoms with E-state index in [0.717, 1.165) is 16.8 Å². The Balaban J connectivity index is 2.28. The van der Waals surface area contributed by atoms with Crippen LogP contribution in [0.4, 0.5) is 0 Å². The normalized spacial score (nSPS) is 10.5. The molecule has 0 radical (unpaired) electrons. The van der Waals surface area contributed by atoms with Gasteiger partial charge in [0.25, 0.3) is 0 Å². The molecule has 0 aliphatic heterocycles. The van der Waals surface area contributed by atoms with Gasteiger partial charge in [-0.15, -0.1) is 0 Å². The molecule has 0 atom stereocenters. The lowest BCUT2D eigenvalue weighted by atomic mass is 10.1. The van der Waals surface area contributed by atoms with Crippen molar-refractivity contribution in [1.82, 2.24) is 9.97 Å². The number of aryl methyl sites for hydroxylation is 1. The number of benzene rings is 1. The molecular weight excluding hydrogens is 283 g/mol. The van der Waals surface area contributed by atoms with E-state index >= 15 is 0 Å². The van der Waals surface area contributed by atoms with Crippen LogP contribution >= 0.6 is 23.2 Å². The Morgan fingerprint density at radius 2 is 2.05 bits per heavy atom. The van der Waals surface area contributed by atoms with Gasteiger partial charge in [-0.2, -0.15) is 0 Å². The summed E-state index contributed by atoms with van der Waals surface area (Å²) in [4.78, 5) is 8.20. The van der Waals surface area contributed by atoms with Crippen molar-refractivity contribution in [2.45, 2.75) is 20.3 Å². The molecule has 1 aromatic heterocycles. The van der Waals surface area contributed by atoms with Crippen molar-refractivity contribution in [3.05, 3.63) is 51.5 Å². The number of rotatable bonds is 4. The topological polar surface area (TPSA) is 35.0 Å². The molecule has 2 rings (SSSR count). The van der Waals surface area contributed by atoms with Crippen LogP contribution < -0.4 is 4.74 Å². The van der Waals surface area contributed by atoms with E-state index in [0.29, 0.717) is 23.8 Å². The monoisotopic (exact) mass is 296 g/mol. The summed E-state index contributed by atoms with van der Waals surface area (Å²) < 4.78 is 5.48. The standard InChI is InChI=1S/C14H14Cl2N2O/c1-3-19-13-7-10(4-5-11(13)15)6-12-9(2)8-17-14(16)18-12/h4-5,7-8H,3,6H2,1-2H3. The van der Waals surface area contributed by atoms with Crippen LogP contribution in [0.5, 0.6) is 5.75 Å². The van der Waals surface area contributed by atoms with E-state index in [1.165, 1.54) is 0 Å². The van der Waals surface area contributed by atoms with Gasteiger partial charge in [0.2, 0.25) is 5.28 Å². The van der Waals surface area contributed by atoms with E-state index in [9.17, 15) is 0 Å². The molecule has 19 heavy (non-hydrogen) atoms. The Bertz CT molecular complexity index is 588. The van der Waals surface area contributed by atoms with Crippen LogP contribution in [0, 0.1) is 6.92 Å². The summed E-state index contributed by atoms with van der Waals surface area (Å²) in [5.41, 5.74) is 2.99. The maximum Gasteiger partial charge on any atom is 0.222 e. The quantitative estimate of drug-likeness (QED) is 0.798. The van der Waals surface area contributed by atoms with Crippen molar-refractivity contribution in [1.29, 1.82) is 0 Å². The van der Waals surface area contributed by atoms with Crippen LogP contribution in [-0.2, 0) is 6.42 Å². The largest absolute Gasteiger partial charge is 0.492 e. The number of halogens is 2. The molecule has 0 saturated heterocycles. The predicted molar refractivity (Wildman–Crippen MR) is 77.2 cm³/mol. The fourth-order valence-corrected chi connectivity index (χ4v) is 2.07. The van der Waals surface area contributed by atoms with E-state index < -0.39 is 0 Å². The fourth-order valence-electron chi connectivity index (χ4n) is 1.75. The summed E-state index contributed by atoms with van der Waals surface area (Å²) in [5.74, 6) is 0.694. The van der Waals surface area contributed by atoms with Gasteiger partial charge >= 0.3 is 0 Å². The molecule has 5 heteroatoms. The molecule has 0 spiro atoms. The highest BCUT2D eigenvalue weighted by Gasteiger charge is 2.07. The zero-order chi connectivity index (χ0) is 13.8. The first-order valence-electron chi connectivity index (χ1n) is 5.99. The van der Waals surface area contributed by atoms with Gasteiger partial charge in [-0.1, -0.05) is 17.7 Å². The van der Waals surface area contributed by atoms with Gasteiger partial charge in [-0.25, -0.2) is 9.97 Å². The minimum Gasteiger partial charge on any atom is -0.492 e. The van der Waals surface area contributed by atoms with Gasteiger partial charge in [0.05, 0.1) is 17.3 Å². The van der Waals surface area contributed by atoms with E-state index in [2.05, 4.69) is 9.97 Å². The zero-order valence-electron chi connectivity index (χ0n) is 10.8. The average molecular weight is 297 g/mol. The molecule has 0 N–H and O–H groups in total. The SMILES string of the molecule is CCOc1cc(Cc2nc(Cl)ncc2C)ccc1Cl. The Hall–Kier alpha value is -1.32. The molecule has 0 unspecified atom stereocenters. The molecule has 0 aliphatic carbocycles. The molecule has 0 bridgehead atoms. The van der Waals surface area contributed by atoms with E-state index in [1.54, 1.807) is 6.20 Å². The highest BCUT2D eigenvalue weighted by Crippen LogP contribution is 2.26. The van der Waals surface area contributed by atoms with E-state index in [1.807, 2.05) is 32.0 Å². The molecule has 0 aliphatic rings. The smallest absolute Gasteiger partial charge is 0.222 e. The summed E-state index contributed by atoms with van der Waals surface area (Å²) in [6.45, 7) is 4.48. The summed E-state index contributed by atoms with van der Waals surface area (Å²) in [5, 5.41) is 0.877. The summed E-state index contributed by atoms with van der Waals surface area (Å²) in [6.07, 6.45) is 2.40. The van der Waals surface area contributed by atoms with Crippen LogP contribution in [0.15, 0.2) is 24.4 Å². The molecule has 2 aromatic rings. The highest BCUT2D eigenvalue weighted by molar-refractivity contribution is 6.32. The Kier molecular flexibility index (Phi) is 4.61. The Morgan fingerprint density at radius 1 is 1.26 bits per heavy atom. The van der Waals surface area contributed by atoms with E-state index in [-0.39, 0.29) is 5.28 Å². The van der Waals surface area contributed by atoms with Crippen LogP contribution in [0.25, 0.3) is 0 Å². The number of hydrogen-bond acceptors (Lipinski definition) is 3. The summed E-state index contributed by atoms with van der Waals surface area (Å²) in [6, 6.07) is 5.72. The van der Waals surface area contributed by atoms with Crippen molar-refractivity contribution in [3.63, 3.8) is 0 Å². The third kappa shape index (κ3) is 3.58. The lowest BCUT2D eigenvalue weighted by molar-refractivity contribution is 0.340. The lowest BCUT2D eigenvalue weighted by Gasteiger charge is -2.09. The van der Waals surface area contributed by atoms with Crippen LogP contribution in [0.2, 0.25) is 10.3 Å². The fraction of sp³-hybridized carbons (Fsp3) is 0.286. The number of ether oxygens (including phenoxy) is 1. The van der Waals surface area contributed by atoms with Gasteiger partial charge in [0.15, 0.2) is 0 Å². The lowest BCUT2D eigenvalue weighted by Crippen LogP contribution is -1.99. The minimum absolute atomic E-state index is 0.264. The van der Waals surface area contributed by atoms with Crippen molar-refractivity contribution in [3.8, 4) is 5.75 Å². The summed E-state index contributed by atoms with van der Waals surface area (Å²) in [7, 11) is 0. The third-order valence-corrected chi connectivity index (χ3v) is 3.21. The zero-order valence-corrected chi connectivity index (χ0v) is 12.3. The average Bonchev–Trinajstić information content (AvgIpc) is 2.38. The number of hydrogen-bond donors (Lipinski definition) is 0. The van der Waals surface area contributed by atoms with Crippen molar-refractivity contribution >= 4 is 23.2 Å². The maximum absolute atomic E-state index is 6.06. The van der Waals surface area contributed by atoms with Crippen LogP contribution in [0.1, 0.15) is 23.7 Å². The van der Waals surface area contributed by atoms with E-state index in [4.69, 9.17) is 27.9 Å². The van der Waals surface area contributed by atoms with Crippen molar-refractivity contribution in [2.75, 3.05) is 6.61 Å². The first kappa shape index (κ1) is 14.1. The van der Waals surface area contributed by atoms with Crippen molar-refractivity contribution < 1.29 is 4.74 Å². The predicted octanol–water partition coefficient (Wildman–Crippen LogP) is 4.08. The molecule has 1 heterocycles. The molecule has 0 amide bonds. The molecular formula is C14H14Cl2N2O. The Morgan fingerprint density at radius 3 is 2.79 bits per heavy atom. The third-order valence-electron chi connectivity index (χ3n) is 2.71. The van der Waals surface area contributed by atoms with Gasteiger partial charge in [-0.05, 0) is 48.7 Å². The van der Waals surface area contributed by atoms with Crippen molar-refractivity contribution in [2.24, 2.45) is 0 Å². The first-order chi connectivity index (χ1) is 9.10. The maximum atomic E-state index is 6.06. The number of aromatic nitrogens is 2. The first-order valence-corrected chi connectivity index (χ1v) is 6.75. The highest BCUT2D eigenvalue weighted by atomic mass is 35.5. The second kappa shape index (κ2) is 6.22. The van der Waals surface area contributed by atoms with Crippen LogP contribution in [0.3, 0.4) is 0 Å². The second-order valence-electron chi connectivity index (χ2n) is 4.14. The summed E-state index contributed by atoms with van der Waals surface area (Å²) >= 11 is 11.9. The molecule has 100 valence electrons. The second-order valence-corrected chi connectivity index (χ2v) is 4.89.